The first kappa shape index (κ1) is 11.8. The topological polar surface area (TPSA) is 29.5 Å². The molecule has 0 bridgehead atoms. The number of hydrogen-bond donors (Lipinski definition) is 1. The SMILES string of the molecule is COC1=C2CCCC[C@H]2[C@@](O)(c2ccccc2)C1. The maximum atomic E-state index is 11.1. The average molecular weight is 244 g/mol. The zero-order valence-electron chi connectivity index (χ0n) is 10.9. The van der Waals surface area contributed by atoms with Crippen molar-refractivity contribution in [3.63, 3.8) is 0 Å². The summed E-state index contributed by atoms with van der Waals surface area (Å²) in [4.78, 5) is 0. The highest BCUT2D eigenvalue weighted by molar-refractivity contribution is 5.35. The van der Waals surface area contributed by atoms with E-state index in [4.69, 9.17) is 4.74 Å². The summed E-state index contributed by atoms with van der Waals surface area (Å²) in [5, 5.41) is 11.1. The van der Waals surface area contributed by atoms with E-state index >= 15 is 0 Å². The zero-order valence-corrected chi connectivity index (χ0v) is 10.9. The van der Waals surface area contributed by atoms with Gasteiger partial charge in [0.05, 0.1) is 12.9 Å². The van der Waals surface area contributed by atoms with Crippen molar-refractivity contribution in [2.24, 2.45) is 5.92 Å². The van der Waals surface area contributed by atoms with Crippen LogP contribution in [0.25, 0.3) is 0 Å². The van der Waals surface area contributed by atoms with Crippen LogP contribution in [0.15, 0.2) is 41.7 Å². The molecule has 1 aromatic carbocycles. The van der Waals surface area contributed by atoms with Gasteiger partial charge in [0.1, 0.15) is 5.60 Å². The van der Waals surface area contributed by atoms with E-state index in [1.165, 1.54) is 18.4 Å². The van der Waals surface area contributed by atoms with Gasteiger partial charge in [0, 0.05) is 12.3 Å². The fraction of sp³-hybridized carbons (Fsp3) is 0.500. The molecule has 1 N–H and O–H groups in total. The minimum atomic E-state index is -0.748. The maximum Gasteiger partial charge on any atom is 0.103 e. The molecule has 2 heteroatoms. The minimum absolute atomic E-state index is 0.253. The van der Waals surface area contributed by atoms with Crippen LogP contribution in [-0.2, 0) is 10.3 Å². The second-order valence-corrected chi connectivity index (χ2v) is 5.42. The van der Waals surface area contributed by atoms with Crippen LogP contribution in [0.5, 0.6) is 0 Å². The van der Waals surface area contributed by atoms with Gasteiger partial charge >= 0.3 is 0 Å². The fourth-order valence-electron chi connectivity index (χ4n) is 3.59. The molecule has 1 fully saturated rings. The quantitative estimate of drug-likeness (QED) is 0.864. The largest absolute Gasteiger partial charge is 0.501 e. The summed E-state index contributed by atoms with van der Waals surface area (Å²) >= 11 is 0. The van der Waals surface area contributed by atoms with Crippen LogP contribution in [-0.4, -0.2) is 12.2 Å². The second-order valence-electron chi connectivity index (χ2n) is 5.42. The number of ether oxygens (including phenoxy) is 1. The van der Waals surface area contributed by atoms with Crippen molar-refractivity contribution in [2.75, 3.05) is 7.11 Å². The number of aliphatic hydroxyl groups is 1. The van der Waals surface area contributed by atoms with Crippen molar-refractivity contribution in [1.29, 1.82) is 0 Å². The summed E-state index contributed by atoms with van der Waals surface area (Å²) in [6, 6.07) is 10.1. The van der Waals surface area contributed by atoms with Crippen molar-refractivity contribution < 1.29 is 9.84 Å². The second kappa shape index (κ2) is 4.43. The lowest BCUT2D eigenvalue weighted by Crippen LogP contribution is -2.33. The number of rotatable bonds is 2. The molecule has 2 aliphatic carbocycles. The molecule has 0 saturated heterocycles. The van der Waals surface area contributed by atoms with Gasteiger partial charge in [-0.3, -0.25) is 0 Å². The first-order chi connectivity index (χ1) is 8.75. The zero-order chi connectivity index (χ0) is 12.6. The molecule has 2 nitrogen and oxygen atoms in total. The molecule has 1 aromatic rings. The van der Waals surface area contributed by atoms with E-state index < -0.39 is 5.60 Å². The summed E-state index contributed by atoms with van der Waals surface area (Å²) in [5.41, 5.74) is 1.64. The van der Waals surface area contributed by atoms with Crippen LogP contribution in [0.2, 0.25) is 0 Å². The number of benzene rings is 1. The third-order valence-corrected chi connectivity index (χ3v) is 4.49. The maximum absolute atomic E-state index is 11.1. The lowest BCUT2D eigenvalue weighted by atomic mass is 9.74. The van der Waals surface area contributed by atoms with Gasteiger partial charge in [0.2, 0.25) is 0 Å². The van der Waals surface area contributed by atoms with Gasteiger partial charge < -0.3 is 9.84 Å². The van der Waals surface area contributed by atoms with Gasteiger partial charge in [-0.25, -0.2) is 0 Å². The Balaban J connectivity index is 2.00. The van der Waals surface area contributed by atoms with Crippen molar-refractivity contribution in [3.05, 3.63) is 47.2 Å². The van der Waals surface area contributed by atoms with Crippen molar-refractivity contribution in [2.45, 2.75) is 37.7 Å². The molecule has 2 aliphatic rings. The van der Waals surface area contributed by atoms with E-state index in [0.717, 1.165) is 24.2 Å². The van der Waals surface area contributed by atoms with Gasteiger partial charge in [-0.1, -0.05) is 36.8 Å². The number of methoxy groups -OCH3 is 1. The molecule has 0 aromatic heterocycles. The number of fused-ring (bicyclic) bond motifs is 1. The number of hydrogen-bond acceptors (Lipinski definition) is 2. The summed E-state index contributed by atoms with van der Waals surface area (Å²) in [6.07, 6.45) is 5.23. The molecule has 0 radical (unpaired) electrons. The van der Waals surface area contributed by atoms with Gasteiger partial charge in [0.25, 0.3) is 0 Å². The van der Waals surface area contributed by atoms with Crippen molar-refractivity contribution >= 4 is 0 Å². The highest BCUT2D eigenvalue weighted by Gasteiger charge is 2.48. The molecule has 0 unspecified atom stereocenters. The minimum Gasteiger partial charge on any atom is -0.501 e. The standard InChI is InChI=1S/C16H20O2/c1-18-15-11-16(17,12-7-3-2-4-8-12)14-10-6-5-9-13(14)15/h2-4,7-8,14,17H,5-6,9-11H2,1H3/t14-,16+/m1/s1. The molecule has 0 spiro atoms. The highest BCUT2D eigenvalue weighted by atomic mass is 16.5. The molecule has 2 atom stereocenters. The van der Waals surface area contributed by atoms with E-state index in [2.05, 4.69) is 0 Å². The van der Waals surface area contributed by atoms with Crippen LogP contribution >= 0.6 is 0 Å². The Morgan fingerprint density at radius 3 is 2.72 bits per heavy atom. The highest BCUT2D eigenvalue weighted by Crippen LogP contribution is 2.52. The molecule has 0 amide bonds. The average Bonchev–Trinajstić information content (AvgIpc) is 2.75. The van der Waals surface area contributed by atoms with Gasteiger partial charge in [-0.05, 0) is 30.4 Å². The summed E-state index contributed by atoms with van der Waals surface area (Å²) in [6.45, 7) is 0. The van der Waals surface area contributed by atoms with E-state index in [1.807, 2.05) is 30.3 Å². The third kappa shape index (κ3) is 1.67. The van der Waals surface area contributed by atoms with Crippen LogP contribution in [0, 0.1) is 5.92 Å². The summed E-state index contributed by atoms with van der Waals surface area (Å²) < 4.78 is 5.52. The smallest absolute Gasteiger partial charge is 0.103 e. The van der Waals surface area contributed by atoms with E-state index in [0.29, 0.717) is 6.42 Å². The monoisotopic (exact) mass is 244 g/mol. The first-order valence-corrected chi connectivity index (χ1v) is 6.79. The lowest BCUT2D eigenvalue weighted by Gasteiger charge is -2.34. The van der Waals surface area contributed by atoms with E-state index in [9.17, 15) is 5.11 Å². The van der Waals surface area contributed by atoms with Crippen molar-refractivity contribution in [1.82, 2.24) is 0 Å². The van der Waals surface area contributed by atoms with E-state index in [1.54, 1.807) is 7.11 Å². The van der Waals surface area contributed by atoms with Crippen LogP contribution in [0.1, 0.15) is 37.7 Å². The molecule has 0 heterocycles. The summed E-state index contributed by atoms with van der Waals surface area (Å²) in [7, 11) is 1.73. The molecule has 1 saturated carbocycles. The molecule has 3 rings (SSSR count). The molecule has 18 heavy (non-hydrogen) atoms. The Bertz CT molecular complexity index is 463. The van der Waals surface area contributed by atoms with Gasteiger partial charge in [0.15, 0.2) is 0 Å². The predicted octanol–water partition coefficient (Wildman–Crippen LogP) is 3.37. The third-order valence-electron chi connectivity index (χ3n) is 4.49. The Labute approximate surface area is 108 Å². The Morgan fingerprint density at radius 2 is 2.00 bits per heavy atom. The van der Waals surface area contributed by atoms with Gasteiger partial charge in [-0.2, -0.15) is 0 Å². The Hall–Kier alpha value is -1.28. The van der Waals surface area contributed by atoms with Crippen LogP contribution < -0.4 is 0 Å². The van der Waals surface area contributed by atoms with Gasteiger partial charge in [-0.15, -0.1) is 0 Å². The molecular formula is C16H20O2. The Kier molecular flexibility index (Phi) is 2.90. The molecule has 96 valence electrons. The normalized spacial score (nSPS) is 31.3. The molecule has 0 aliphatic heterocycles. The van der Waals surface area contributed by atoms with Crippen LogP contribution in [0.4, 0.5) is 0 Å². The fourth-order valence-corrected chi connectivity index (χ4v) is 3.59. The first-order valence-electron chi connectivity index (χ1n) is 6.79. The lowest BCUT2D eigenvalue weighted by molar-refractivity contribution is -0.00955. The van der Waals surface area contributed by atoms with Crippen molar-refractivity contribution in [3.8, 4) is 0 Å². The van der Waals surface area contributed by atoms with Crippen LogP contribution in [0.3, 0.4) is 0 Å². The predicted molar refractivity (Wildman–Crippen MR) is 70.9 cm³/mol. The molecular weight excluding hydrogens is 224 g/mol. The summed E-state index contributed by atoms with van der Waals surface area (Å²) in [5.74, 6) is 1.27. The van der Waals surface area contributed by atoms with E-state index in [-0.39, 0.29) is 5.92 Å². The Morgan fingerprint density at radius 1 is 1.22 bits per heavy atom.